The monoisotopic (exact) mass is 340 g/mol. The molecular formula is C16H15F3N2O3. The van der Waals surface area contributed by atoms with Crippen LogP contribution < -0.4 is 10.3 Å². The Hall–Kier alpha value is -2.77. The van der Waals surface area contributed by atoms with Gasteiger partial charge in [0.05, 0.1) is 0 Å². The van der Waals surface area contributed by atoms with E-state index >= 15 is 0 Å². The van der Waals surface area contributed by atoms with Crippen LogP contribution in [0.1, 0.15) is 15.9 Å². The Balaban J connectivity index is 2.05. The van der Waals surface area contributed by atoms with Crippen molar-refractivity contribution in [2.75, 3.05) is 7.05 Å². The fourth-order valence-corrected chi connectivity index (χ4v) is 2.04. The first kappa shape index (κ1) is 17.6. The highest BCUT2D eigenvalue weighted by Crippen LogP contribution is 2.23. The van der Waals surface area contributed by atoms with Crippen molar-refractivity contribution in [1.82, 2.24) is 9.47 Å². The molecule has 0 aliphatic heterocycles. The quantitative estimate of drug-likeness (QED) is 0.860. The van der Waals surface area contributed by atoms with Crippen molar-refractivity contribution in [2.45, 2.75) is 12.9 Å². The summed E-state index contributed by atoms with van der Waals surface area (Å²) in [7, 11) is 3.12. The van der Waals surface area contributed by atoms with Crippen LogP contribution in [0.25, 0.3) is 0 Å². The van der Waals surface area contributed by atoms with Gasteiger partial charge < -0.3 is 14.2 Å². The average molecular weight is 340 g/mol. The first-order valence-electron chi connectivity index (χ1n) is 6.92. The Morgan fingerprint density at radius 3 is 2.38 bits per heavy atom. The molecule has 0 fully saturated rings. The van der Waals surface area contributed by atoms with Gasteiger partial charge in [0.15, 0.2) is 0 Å². The van der Waals surface area contributed by atoms with Crippen molar-refractivity contribution in [1.29, 1.82) is 0 Å². The SMILES string of the molecule is CN(Cc1ccc(OC(F)(F)F)cc1)C(=O)c1ccn(C)c(=O)c1. The number of hydrogen-bond acceptors (Lipinski definition) is 3. The number of hydrogen-bond donors (Lipinski definition) is 0. The minimum absolute atomic E-state index is 0.181. The van der Waals surface area contributed by atoms with Gasteiger partial charge in [0.1, 0.15) is 5.75 Å². The summed E-state index contributed by atoms with van der Waals surface area (Å²) in [4.78, 5) is 25.2. The van der Waals surface area contributed by atoms with Gasteiger partial charge in [0, 0.05) is 38.5 Å². The summed E-state index contributed by atoms with van der Waals surface area (Å²) >= 11 is 0. The zero-order valence-electron chi connectivity index (χ0n) is 13.0. The molecule has 0 N–H and O–H groups in total. The smallest absolute Gasteiger partial charge is 0.406 e. The van der Waals surface area contributed by atoms with E-state index in [0.29, 0.717) is 5.56 Å². The van der Waals surface area contributed by atoms with Crippen molar-refractivity contribution >= 4 is 5.91 Å². The zero-order valence-corrected chi connectivity index (χ0v) is 13.0. The standard InChI is InChI=1S/C16H15F3N2O3/c1-20-8-7-12(9-14(20)22)15(23)21(2)10-11-3-5-13(6-4-11)24-16(17,18)19/h3-9H,10H2,1-2H3. The van der Waals surface area contributed by atoms with Crippen molar-refractivity contribution in [3.63, 3.8) is 0 Å². The highest BCUT2D eigenvalue weighted by Gasteiger charge is 2.30. The lowest BCUT2D eigenvalue weighted by atomic mass is 10.2. The third-order valence-electron chi connectivity index (χ3n) is 3.27. The Kier molecular flexibility index (Phi) is 4.96. The predicted octanol–water partition coefficient (Wildman–Crippen LogP) is 2.56. The normalized spacial score (nSPS) is 11.2. The number of benzene rings is 1. The molecule has 0 aliphatic rings. The minimum atomic E-state index is -4.74. The number of pyridine rings is 1. The van der Waals surface area contributed by atoms with E-state index in [-0.39, 0.29) is 29.3 Å². The van der Waals surface area contributed by atoms with Gasteiger partial charge in [-0.05, 0) is 23.8 Å². The molecule has 0 spiro atoms. The first-order valence-corrected chi connectivity index (χ1v) is 6.92. The van der Waals surface area contributed by atoms with Gasteiger partial charge in [0.25, 0.3) is 11.5 Å². The van der Waals surface area contributed by atoms with Crippen LogP contribution in [0.4, 0.5) is 13.2 Å². The topological polar surface area (TPSA) is 51.5 Å². The van der Waals surface area contributed by atoms with Crippen LogP contribution in [0, 0.1) is 0 Å². The van der Waals surface area contributed by atoms with Crippen molar-refractivity contribution in [3.05, 3.63) is 64.1 Å². The summed E-state index contributed by atoms with van der Waals surface area (Å²) in [6.45, 7) is 0.181. The molecule has 1 heterocycles. The van der Waals surface area contributed by atoms with Gasteiger partial charge >= 0.3 is 6.36 Å². The number of aromatic nitrogens is 1. The number of ether oxygens (including phenoxy) is 1. The van der Waals surface area contributed by atoms with Crippen molar-refractivity contribution in [3.8, 4) is 5.75 Å². The Morgan fingerprint density at radius 1 is 1.21 bits per heavy atom. The van der Waals surface area contributed by atoms with Gasteiger partial charge in [-0.15, -0.1) is 13.2 Å². The van der Waals surface area contributed by atoms with E-state index in [1.54, 1.807) is 14.1 Å². The highest BCUT2D eigenvalue weighted by molar-refractivity contribution is 5.93. The molecule has 0 atom stereocenters. The summed E-state index contributed by atoms with van der Waals surface area (Å²) in [6.07, 6.45) is -3.25. The van der Waals surface area contributed by atoms with Gasteiger partial charge in [-0.2, -0.15) is 0 Å². The van der Waals surface area contributed by atoms with E-state index in [4.69, 9.17) is 0 Å². The van der Waals surface area contributed by atoms with Gasteiger partial charge in [-0.25, -0.2) is 0 Å². The maximum absolute atomic E-state index is 12.3. The fourth-order valence-electron chi connectivity index (χ4n) is 2.04. The molecule has 128 valence electrons. The number of alkyl halides is 3. The Morgan fingerprint density at radius 2 is 1.83 bits per heavy atom. The highest BCUT2D eigenvalue weighted by atomic mass is 19.4. The molecule has 0 radical (unpaired) electrons. The van der Waals surface area contributed by atoms with E-state index in [9.17, 15) is 22.8 Å². The number of nitrogens with zero attached hydrogens (tertiary/aromatic N) is 2. The second-order valence-corrected chi connectivity index (χ2v) is 5.22. The summed E-state index contributed by atoms with van der Waals surface area (Å²) in [6, 6.07) is 8.00. The molecular weight excluding hydrogens is 325 g/mol. The molecule has 0 saturated carbocycles. The molecule has 5 nitrogen and oxygen atoms in total. The van der Waals surface area contributed by atoms with Crippen LogP contribution in [0.2, 0.25) is 0 Å². The number of amides is 1. The lowest BCUT2D eigenvalue weighted by molar-refractivity contribution is -0.274. The summed E-state index contributed by atoms with van der Waals surface area (Å²) in [5.41, 5.74) is 0.574. The maximum atomic E-state index is 12.3. The first-order chi connectivity index (χ1) is 11.2. The maximum Gasteiger partial charge on any atom is 0.573 e. The van der Waals surface area contributed by atoms with Crippen LogP contribution in [-0.4, -0.2) is 28.8 Å². The van der Waals surface area contributed by atoms with E-state index in [1.165, 1.54) is 52.1 Å². The van der Waals surface area contributed by atoms with Crippen molar-refractivity contribution in [2.24, 2.45) is 7.05 Å². The molecule has 1 aromatic carbocycles. The van der Waals surface area contributed by atoms with E-state index in [1.807, 2.05) is 0 Å². The number of carbonyl (C=O) groups is 1. The second kappa shape index (κ2) is 6.77. The van der Waals surface area contributed by atoms with Gasteiger partial charge in [0.2, 0.25) is 0 Å². The van der Waals surface area contributed by atoms with Crippen LogP contribution in [0.5, 0.6) is 5.75 Å². The zero-order chi connectivity index (χ0) is 17.9. The molecule has 24 heavy (non-hydrogen) atoms. The number of carbonyl (C=O) groups excluding carboxylic acids is 1. The minimum Gasteiger partial charge on any atom is -0.406 e. The number of rotatable bonds is 4. The molecule has 2 rings (SSSR count). The summed E-state index contributed by atoms with van der Waals surface area (Å²) in [5, 5.41) is 0. The average Bonchev–Trinajstić information content (AvgIpc) is 2.50. The number of aryl methyl sites for hydroxylation is 1. The molecule has 1 amide bonds. The predicted molar refractivity (Wildman–Crippen MR) is 80.6 cm³/mol. The summed E-state index contributed by atoms with van der Waals surface area (Å²) < 4.78 is 41.4. The Bertz CT molecular complexity index is 782. The van der Waals surface area contributed by atoms with E-state index < -0.39 is 6.36 Å². The lowest BCUT2D eigenvalue weighted by Crippen LogP contribution is -2.28. The van der Waals surface area contributed by atoms with Crippen LogP contribution in [0.15, 0.2) is 47.4 Å². The molecule has 0 bridgehead atoms. The van der Waals surface area contributed by atoms with E-state index in [2.05, 4.69) is 4.74 Å². The molecule has 0 unspecified atom stereocenters. The van der Waals surface area contributed by atoms with Crippen LogP contribution in [-0.2, 0) is 13.6 Å². The Labute approximate surface area is 135 Å². The molecule has 1 aromatic heterocycles. The number of halogens is 3. The molecule has 2 aromatic rings. The third kappa shape index (κ3) is 4.61. The van der Waals surface area contributed by atoms with Crippen molar-refractivity contribution < 1.29 is 22.7 Å². The lowest BCUT2D eigenvalue weighted by Gasteiger charge is -2.18. The van der Waals surface area contributed by atoms with E-state index in [0.717, 1.165) is 0 Å². The third-order valence-corrected chi connectivity index (χ3v) is 3.27. The molecule has 8 heteroatoms. The summed E-state index contributed by atoms with van der Waals surface area (Å²) in [5.74, 6) is -0.685. The second-order valence-electron chi connectivity index (χ2n) is 5.22. The van der Waals surface area contributed by atoms with Crippen LogP contribution >= 0.6 is 0 Å². The van der Waals surface area contributed by atoms with Crippen LogP contribution in [0.3, 0.4) is 0 Å². The van der Waals surface area contributed by atoms with Gasteiger partial charge in [-0.3, -0.25) is 9.59 Å². The van der Waals surface area contributed by atoms with Gasteiger partial charge in [-0.1, -0.05) is 12.1 Å². The fraction of sp³-hybridized carbons (Fsp3) is 0.250. The largest absolute Gasteiger partial charge is 0.573 e. The molecule has 0 aliphatic carbocycles. The molecule has 0 saturated heterocycles.